The second kappa shape index (κ2) is 6.50. The molecule has 2 N–H and O–H groups in total. The quantitative estimate of drug-likeness (QED) is 0.908. The monoisotopic (exact) mass is 339 g/mol. The molecule has 1 aromatic heterocycles. The fourth-order valence-corrected chi connectivity index (χ4v) is 3.12. The molecular weight excluding hydrogens is 322 g/mol. The van der Waals surface area contributed by atoms with Crippen molar-refractivity contribution in [2.45, 2.75) is 19.9 Å². The molecule has 0 aliphatic heterocycles. The van der Waals surface area contributed by atoms with Crippen molar-refractivity contribution in [2.75, 3.05) is 18.5 Å². The van der Waals surface area contributed by atoms with Crippen molar-refractivity contribution < 1.29 is 0 Å². The number of hydrogen-bond acceptors (Lipinski definition) is 4. The van der Waals surface area contributed by atoms with Gasteiger partial charge in [-0.25, -0.2) is 4.98 Å². The highest BCUT2D eigenvalue weighted by molar-refractivity contribution is 9.10. The van der Waals surface area contributed by atoms with Crippen LogP contribution in [0.5, 0.6) is 0 Å². The Bertz CT molecular complexity index is 553. The molecule has 0 unspecified atom stereocenters. The number of anilines is 1. The maximum Gasteiger partial charge on any atom is 0.0898 e. The minimum absolute atomic E-state index is 0.673. The first kappa shape index (κ1) is 14.5. The summed E-state index contributed by atoms with van der Waals surface area (Å²) in [6.07, 6.45) is 0.899. The van der Waals surface area contributed by atoms with Crippen molar-refractivity contribution in [3.63, 3.8) is 0 Å². The van der Waals surface area contributed by atoms with Crippen molar-refractivity contribution >= 4 is 33.0 Å². The number of thiazole rings is 1. The molecule has 5 heteroatoms. The van der Waals surface area contributed by atoms with Crippen LogP contribution in [0, 0.1) is 6.92 Å². The summed E-state index contributed by atoms with van der Waals surface area (Å²) in [5.74, 6) is 0. The molecule has 0 atom stereocenters. The molecule has 0 amide bonds. The summed E-state index contributed by atoms with van der Waals surface area (Å²) in [6.45, 7) is 3.53. The van der Waals surface area contributed by atoms with E-state index in [0.29, 0.717) is 6.54 Å². The van der Waals surface area contributed by atoms with Gasteiger partial charge in [-0.15, -0.1) is 11.3 Å². The third kappa shape index (κ3) is 3.78. The third-order valence-electron chi connectivity index (χ3n) is 2.96. The zero-order valence-electron chi connectivity index (χ0n) is 11.2. The third-order valence-corrected chi connectivity index (χ3v) is 4.52. The highest BCUT2D eigenvalue weighted by Crippen LogP contribution is 2.25. The Hall–Kier alpha value is -0.910. The second-order valence-electron chi connectivity index (χ2n) is 4.53. The Labute approximate surface area is 126 Å². The molecule has 0 bridgehead atoms. The van der Waals surface area contributed by atoms with E-state index in [4.69, 9.17) is 5.73 Å². The molecule has 1 heterocycles. The van der Waals surface area contributed by atoms with Gasteiger partial charge < -0.3 is 10.6 Å². The summed E-state index contributed by atoms with van der Waals surface area (Å²) in [5, 5.41) is 3.23. The highest BCUT2D eigenvalue weighted by Gasteiger charge is 2.07. The van der Waals surface area contributed by atoms with Crippen LogP contribution in [0.25, 0.3) is 0 Å². The lowest BCUT2D eigenvalue weighted by Crippen LogP contribution is -2.16. The predicted molar refractivity (Wildman–Crippen MR) is 85.9 cm³/mol. The average molecular weight is 340 g/mol. The molecule has 0 spiro atoms. The summed E-state index contributed by atoms with van der Waals surface area (Å²) < 4.78 is 1.12. The molecule has 0 aliphatic carbocycles. The van der Waals surface area contributed by atoms with E-state index < -0.39 is 0 Å². The first-order valence-electron chi connectivity index (χ1n) is 6.21. The Morgan fingerprint density at radius 1 is 1.42 bits per heavy atom. The van der Waals surface area contributed by atoms with Gasteiger partial charge in [0.15, 0.2) is 0 Å². The number of nitrogens with zero attached hydrogens (tertiary/aromatic N) is 2. The van der Waals surface area contributed by atoms with Crippen LogP contribution in [0.2, 0.25) is 0 Å². The van der Waals surface area contributed by atoms with E-state index in [1.165, 1.54) is 11.3 Å². The Kier molecular flexibility index (Phi) is 4.96. The fourth-order valence-electron chi connectivity index (χ4n) is 1.95. The van der Waals surface area contributed by atoms with E-state index in [0.717, 1.165) is 28.1 Å². The van der Waals surface area contributed by atoms with Gasteiger partial charge in [-0.05, 0) is 37.6 Å². The lowest BCUT2D eigenvalue weighted by molar-refractivity contribution is 0.887. The Morgan fingerprint density at radius 2 is 2.21 bits per heavy atom. The number of benzene rings is 1. The summed E-state index contributed by atoms with van der Waals surface area (Å²) in [4.78, 5) is 6.69. The minimum atomic E-state index is 0.673. The molecule has 3 nitrogen and oxygen atoms in total. The predicted octanol–water partition coefficient (Wildman–Crippen LogP) is 3.35. The molecule has 0 saturated heterocycles. The summed E-state index contributed by atoms with van der Waals surface area (Å²) in [5.41, 5.74) is 9.14. The number of hydrogen-bond donors (Lipinski definition) is 1. The van der Waals surface area contributed by atoms with Gasteiger partial charge in [0, 0.05) is 22.6 Å². The summed E-state index contributed by atoms with van der Waals surface area (Å²) >= 11 is 5.30. The largest absolute Gasteiger partial charge is 0.369 e. The van der Waals surface area contributed by atoms with Crippen molar-refractivity contribution in [2.24, 2.45) is 5.73 Å². The first-order chi connectivity index (χ1) is 9.10. The Morgan fingerprint density at radius 3 is 2.79 bits per heavy atom. The molecule has 0 saturated carbocycles. The molecule has 2 aromatic rings. The summed E-state index contributed by atoms with van der Waals surface area (Å²) in [6, 6.07) is 6.41. The van der Waals surface area contributed by atoms with Crippen LogP contribution < -0.4 is 10.6 Å². The average Bonchev–Trinajstić information content (AvgIpc) is 2.77. The van der Waals surface area contributed by atoms with E-state index in [1.807, 2.05) is 6.92 Å². The highest BCUT2D eigenvalue weighted by atomic mass is 79.9. The van der Waals surface area contributed by atoms with Gasteiger partial charge in [0.2, 0.25) is 0 Å². The van der Waals surface area contributed by atoms with E-state index in [-0.39, 0.29) is 0 Å². The molecular formula is C14H18BrN3S. The molecule has 0 fully saturated rings. The van der Waals surface area contributed by atoms with Crippen molar-refractivity contribution in [1.82, 2.24) is 4.98 Å². The maximum absolute atomic E-state index is 5.59. The SMILES string of the molecule is Cc1nc(CN(C)c2ccc(CCN)c(Br)c2)cs1. The van der Waals surface area contributed by atoms with Crippen LogP contribution in [0.1, 0.15) is 16.3 Å². The minimum Gasteiger partial charge on any atom is -0.369 e. The normalized spacial score (nSPS) is 10.7. The smallest absolute Gasteiger partial charge is 0.0898 e. The van der Waals surface area contributed by atoms with Gasteiger partial charge in [0.25, 0.3) is 0 Å². The van der Waals surface area contributed by atoms with Gasteiger partial charge in [0.05, 0.1) is 17.2 Å². The van der Waals surface area contributed by atoms with Crippen molar-refractivity contribution in [3.8, 4) is 0 Å². The molecule has 0 radical (unpaired) electrons. The van der Waals surface area contributed by atoms with E-state index in [9.17, 15) is 0 Å². The molecule has 19 heavy (non-hydrogen) atoms. The summed E-state index contributed by atoms with van der Waals surface area (Å²) in [7, 11) is 2.08. The molecule has 1 aromatic carbocycles. The number of aromatic nitrogens is 1. The van der Waals surface area contributed by atoms with Gasteiger partial charge in [-0.2, -0.15) is 0 Å². The lowest BCUT2D eigenvalue weighted by atomic mass is 10.1. The standard InChI is InChI=1S/C14H18BrN3S/c1-10-17-12(9-19-10)8-18(2)13-4-3-11(5-6-16)14(15)7-13/h3-4,7,9H,5-6,8,16H2,1-2H3. The molecule has 2 rings (SSSR count). The maximum atomic E-state index is 5.59. The van der Waals surface area contributed by atoms with Crippen LogP contribution in [-0.2, 0) is 13.0 Å². The van der Waals surface area contributed by atoms with Crippen LogP contribution in [-0.4, -0.2) is 18.6 Å². The van der Waals surface area contributed by atoms with Crippen LogP contribution in [0.3, 0.4) is 0 Å². The van der Waals surface area contributed by atoms with Gasteiger partial charge in [0.1, 0.15) is 0 Å². The molecule has 0 aliphatic rings. The first-order valence-corrected chi connectivity index (χ1v) is 7.88. The van der Waals surface area contributed by atoms with E-state index in [2.05, 4.69) is 56.4 Å². The van der Waals surface area contributed by atoms with Crippen molar-refractivity contribution in [3.05, 3.63) is 44.3 Å². The van der Waals surface area contributed by atoms with Gasteiger partial charge >= 0.3 is 0 Å². The Balaban J connectivity index is 2.10. The second-order valence-corrected chi connectivity index (χ2v) is 6.44. The number of rotatable bonds is 5. The van der Waals surface area contributed by atoms with Crippen LogP contribution in [0.15, 0.2) is 28.1 Å². The molecule has 102 valence electrons. The number of halogens is 1. The van der Waals surface area contributed by atoms with Gasteiger partial charge in [-0.3, -0.25) is 0 Å². The fraction of sp³-hybridized carbons (Fsp3) is 0.357. The lowest BCUT2D eigenvalue weighted by Gasteiger charge is -2.19. The van der Waals surface area contributed by atoms with E-state index >= 15 is 0 Å². The van der Waals surface area contributed by atoms with Crippen molar-refractivity contribution in [1.29, 1.82) is 0 Å². The number of aryl methyl sites for hydroxylation is 1. The number of nitrogens with two attached hydrogens (primary N) is 1. The zero-order chi connectivity index (χ0) is 13.8. The zero-order valence-corrected chi connectivity index (χ0v) is 13.6. The van der Waals surface area contributed by atoms with Gasteiger partial charge in [-0.1, -0.05) is 22.0 Å². The van der Waals surface area contributed by atoms with Crippen LogP contribution >= 0.6 is 27.3 Å². The van der Waals surface area contributed by atoms with E-state index in [1.54, 1.807) is 11.3 Å². The van der Waals surface area contributed by atoms with Crippen LogP contribution in [0.4, 0.5) is 5.69 Å². The topological polar surface area (TPSA) is 42.2 Å².